The van der Waals surface area contributed by atoms with Gasteiger partial charge in [-0.05, 0) is 43.4 Å². The summed E-state index contributed by atoms with van der Waals surface area (Å²) in [5.41, 5.74) is -0.163. The Morgan fingerprint density at radius 3 is 2.64 bits per heavy atom. The molecule has 3 heteroatoms. The molecular weight excluding hydrogens is 203 g/mol. The smallest absolute Gasteiger partial charge is 0.141 e. The lowest BCUT2D eigenvalue weighted by molar-refractivity contribution is 0.0330. The van der Waals surface area contributed by atoms with Crippen molar-refractivity contribution in [1.82, 2.24) is 0 Å². The highest BCUT2D eigenvalue weighted by Crippen LogP contribution is 2.45. The summed E-state index contributed by atoms with van der Waals surface area (Å²) in [4.78, 5) is 0. The Kier molecular flexibility index (Phi) is 2.28. The summed E-state index contributed by atoms with van der Waals surface area (Å²) in [7, 11) is 0. The Labute approximate surface area is 87.5 Å². The van der Waals surface area contributed by atoms with Crippen LogP contribution in [0.25, 0.3) is 0 Å². The van der Waals surface area contributed by atoms with E-state index in [0.29, 0.717) is 11.5 Å². The molecular formula is C11H12ClFO. The first-order chi connectivity index (χ1) is 6.51. The zero-order chi connectivity index (χ0) is 10.3. The Balaban J connectivity index is 2.36. The summed E-state index contributed by atoms with van der Waals surface area (Å²) in [5.74, 6) is -0.147. The number of hydrogen-bond acceptors (Lipinski definition) is 1. The fourth-order valence-corrected chi connectivity index (χ4v) is 1.87. The van der Waals surface area contributed by atoms with Gasteiger partial charge in [0, 0.05) is 0 Å². The maximum absolute atomic E-state index is 12.9. The molecule has 76 valence electrons. The van der Waals surface area contributed by atoms with Crippen molar-refractivity contribution in [2.45, 2.75) is 25.4 Å². The van der Waals surface area contributed by atoms with Crippen molar-refractivity contribution in [3.8, 4) is 0 Å². The molecule has 0 amide bonds. The molecule has 1 saturated carbocycles. The van der Waals surface area contributed by atoms with Crippen LogP contribution in [0.15, 0.2) is 18.2 Å². The highest BCUT2D eigenvalue weighted by Gasteiger charge is 2.41. The molecule has 1 aromatic rings. The molecule has 0 saturated heterocycles. The standard InChI is InChI=1S/C11H12ClFO/c1-11(14,7-2-3-7)8-4-5-10(13)9(12)6-8/h4-7,14H,2-3H2,1H3. The van der Waals surface area contributed by atoms with Gasteiger partial charge in [-0.2, -0.15) is 0 Å². The fraction of sp³-hybridized carbons (Fsp3) is 0.455. The van der Waals surface area contributed by atoms with Gasteiger partial charge < -0.3 is 5.11 Å². The second-order valence-electron chi connectivity index (χ2n) is 4.05. The van der Waals surface area contributed by atoms with Crippen molar-refractivity contribution in [2.24, 2.45) is 5.92 Å². The molecule has 1 aromatic carbocycles. The third kappa shape index (κ3) is 1.64. The highest BCUT2D eigenvalue weighted by atomic mass is 35.5. The average molecular weight is 215 g/mol. The van der Waals surface area contributed by atoms with Crippen molar-refractivity contribution < 1.29 is 9.50 Å². The number of rotatable bonds is 2. The van der Waals surface area contributed by atoms with Gasteiger partial charge in [-0.1, -0.05) is 17.7 Å². The van der Waals surface area contributed by atoms with Gasteiger partial charge in [-0.15, -0.1) is 0 Å². The normalized spacial score (nSPS) is 20.6. The van der Waals surface area contributed by atoms with Gasteiger partial charge in [0.1, 0.15) is 5.82 Å². The molecule has 0 radical (unpaired) electrons. The minimum absolute atomic E-state index is 0.0726. The Hall–Kier alpha value is -0.600. The number of hydrogen-bond donors (Lipinski definition) is 1. The summed E-state index contributed by atoms with van der Waals surface area (Å²) in [6, 6.07) is 4.41. The van der Waals surface area contributed by atoms with Gasteiger partial charge in [0.2, 0.25) is 0 Å². The van der Waals surface area contributed by atoms with E-state index in [-0.39, 0.29) is 5.02 Å². The fourth-order valence-electron chi connectivity index (χ4n) is 1.69. The Bertz CT molecular complexity index is 358. The quantitative estimate of drug-likeness (QED) is 0.802. The zero-order valence-corrected chi connectivity index (χ0v) is 8.68. The van der Waals surface area contributed by atoms with Crippen molar-refractivity contribution in [3.05, 3.63) is 34.6 Å². The van der Waals surface area contributed by atoms with Gasteiger partial charge in [0.25, 0.3) is 0 Å². The van der Waals surface area contributed by atoms with Gasteiger partial charge in [-0.25, -0.2) is 4.39 Å². The predicted octanol–water partition coefficient (Wildman–Crippen LogP) is 3.10. The number of halogens is 2. The predicted molar refractivity (Wildman–Crippen MR) is 53.7 cm³/mol. The zero-order valence-electron chi connectivity index (χ0n) is 7.93. The minimum Gasteiger partial charge on any atom is -0.385 e. The van der Waals surface area contributed by atoms with Crippen LogP contribution in [-0.4, -0.2) is 5.11 Å². The summed E-state index contributed by atoms with van der Waals surface area (Å²) in [6.07, 6.45) is 2.06. The van der Waals surface area contributed by atoms with E-state index in [2.05, 4.69) is 0 Å². The van der Waals surface area contributed by atoms with E-state index in [1.54, 1.807) is 13.0 Å². The van der Waals surface area contributed by atoms with Crippen molar-refractivity contribution in [3.63, 3.8) is 0 Å². The summed E-state index contributed by atoms with van der Waals surface area (Å²) in [5, 5.41) is 10.2. The first kappa shape index (κ1) is 9.94. The van der Waals surface area contributed by atoms with Crippen LogP contribution in [-0.2, 0) is 5.60 Å². The molecule has 0 bridgehead atoms. The van der Waals surface area contributed by atoms with E-state index < -0.39 is 11.4 Å². The number of aliphatic hydroxyl groups is 1. The minimum atomic E-state index is -0.864. The third-order valence-electron chi connectivity index (χ3n) is 2.88. The molecule has 1 atom stereocenters. The molecule has 2 rings (SSSR count). The van der Waals surface area contributed by atoms with E-state index in [1.807, 2.05) is 0 Å². The highest BCUT2D eigenvalue weighted by molar-refractivity contribution is 6.30. The van der Waals surface area contributed by atoms with Gasteiger partial charge in [0.15, 0.2) is 0 Å². The van der Waals surface area contributed by atoms with Crippen molar-refractivity contribution >= 4 is 11.6 Å². The molecule has 14 heavy (non-hydrogen) atoms. The van der Waals surface area contributed by atoms with Gasteiger partial charge in [0.05, 0.1) is 10.6 Å². The first-order valence-electron chi connectivity index (χ1n) is 4.69. The van der Waals surface area contributed by atoms with Crippen LogP contribution in [0.5, 0.6) is 0 Å². The largest absolute Gasteiger partial charge is 0.385 e. The van der Waals surface area contributed by atoms with Crippen LogP contribution < -0.4 is 0 Å². The average Bonchev–Trinajstić information content (AvgIpc) is 2.92. The monoisotopic (exact) mass is 214 g/mol. The molecule has 0 aromatic heterocycles. The van der Waals surface area contributed by atoms with Crippen molar-refractivity contribution in [2.75, 3.05) is 0 Å². The molecule has 0 heterocycles. The lowest BCUT2D eigenvalue weighted by atomic mass is 9.91. The summed E-state index contributed by atoms with van der Waals surface area (Å²) < 4.78 is 12.9. The molecule has 1 N–H and O–H groups in total. The molecule has 1 aliphatic carbocycles. The van der Waals surface area contributed by atoms with Crippen molar-refractivity contribution in [1.29, 1.82) is 0 Å². The van der Waals surface area contributed by atoms with Crippen LogP contribution >= 0.6 is 11.6 Å². The van der Waals surface area contributed by atoms with Crippen LogP contribution in [0.2, 0.25) is 5.02 Å². The van der Waals surface area contributed by atoms with Gasteiger partial charge in [-0.3, -0.25) is 0 Å². The third-order valence-corrected chi connectivity index (χ3v) is 3.17. The maximum atomic E-state index is 12.9. The first-order valence-corrected chi connectivity index (χ1v) is 5.07. The molecule has 1 unspecified atom stereocenters. The molecule has 1 nitrogen and oxygen atoms in total. The van der Waals surface area contributed by atoms with E-state index in [9.17, 15) is 9.50 Å². The van der Waals surface area contributed by atoms with E-state index >= 15 is 0 Å². The molecule has 1 aliphatic rings. The molecule has 1 fully saturated rings. The SMILES string of the molecule is CC(O)(c1ccc(F)c(Cl)c1)C1CC1. The van der Waals surface area contributed by atoms with Crippen LogP contribution in [0, 0.1) is 11.7 Å². The van der Waals surface area contributed by atoms with Crippen LogP contribution in [0.4, 0.5) is 4.39 Å². The maximum Gasteiger partial charge on any atom is 0.141 e. The van der Waals surface area contributed by atoms with Crippen LogP contribution in [0.3, 0.4) is 0 Å². The second-order valence-corrected chi connectivity index (χ2v) is 4.46. The molecule has 0 spiro atoms. The van der Waals surface area contributed by atoms with E-state index in [4.69, 9.17) is 11.6 Å². The number of benzene rings is 1. The lowest BCUT2D eigenvalue weighted by Gasteiger charge is -2.23. The lowest BCUT2D eigenvalue weighted by Crippen LogP contribution is -2.23. The summed E-state index contributed by atoms with van der Waals surface area (Å²) in [6.45, 7) is 1.76. The van der Waals surface area contributed by atoms with E-state index in [0.717, 1.165) is 12.8 Å². The van der Waals surface area contributed by atoms with E-state index in [1.165, 1.54) is 12.1 Å². The summed E-state index contributed by atoms with van der Waals surface area (Å²) >= 11 is 5.66. The topological polar surface area (TPSA) is 20.2 Å². The molecule has 0 aliphatic heterocycles. The van der Waals surface area contributed by atoms with Crippen LogP contribution in [0.1, 0.15) is 25.3 Å². The Morgan fingerprint density at radius 1 is 1.50 bits per heavy atom. The van der Waals surface area contributed by atoms with Gasteiger partial charge >= 0.3 is 0 Å². The second kappa shape index (κ2) is 3.21. The Morgan fingerprint density at radius 2 is 2.14 bits per heavy atom.